The predicted octanol–water partition coefficient (Wildman–Crippen LogP) is 3.99. The highest BCUT2D eigenvalue weighted by Crippen LogP contribution is 2.33. The highest BCUT2D eigenvalue weighted by atomic mass is 35.5. The van der Waals surface area contributed by atoms with Gasteiger partial charge in [-0.1, -0.05) is 35.9 Å². The number of hydrogen-bond donors (Lipinski definition) is 0. The van der Waals surface area contributed by atoms with Gasteiger partial charge in [0.2, 0.25) is 0 Å². The minimum atomic E-state index is 0.783. The molecule has 2 aromatic carbocycles. The van der Waals surface area contributed by atoms with E-state index in [0.29, 0.717) is 0 Å². The third-order valence-corrected chi connectivity index (χ3v) is 5.25. The van der Waals surface area contributed by atoms with Crippen molar-refractivity contribution in [2.75, 3.05) is 45.3 Å². The largest absolute Gasteiger partial charge is 0.493 e. The molecule has 0 aromatic heterocycles. The van der Waals surface area contributed by atoms with Gasteiger partial charge in [-0.05, 0) is 24.6 Å². The van der Waals surface area contributed by atoms with Crippen molar-refractivity contribution in [3.05, 3.63) is 52.5 Å². The van der Waals surface area contributed by atoms with Gasteiger partial charge in [0.1, 0.15) is 0 Å². The standard InChI is InChI=1S/C20H25ClN2O2/c1-15-6-4-8-17(19(15)21)23-12-10-22(11-13-23)14-16-7-5-9-18(24-2)20(16)25-3/h4-9H,10-14H2,1-3H3. The van der Waals surface area contributed by atoms with E-state index in [0.717, 1.165) is 66.1 Å². The van der Waals surface area contributed by atoms with Gasteiger partial charge < -0.3 is 14.4 Å². The number of hydrogen-bond acceptors (Lipinski definition) is 4. The van der Waals surface area contributed by atoms with Crippen molar-refractivity contribution in [2.24, 2.45) is 0 Å². The monoisotopic (exact) mass is 360 g/mol. The summed E-state index contributed by atoms with van der Waals surface area (Å²) in [7, 11) is 3.37. The summed E-state index contributed by atoms with van der Waals surface area (Å²) in [4.78, 5) is 4.81. The van der Waals surface area contributed by atoms with Crippen molar-refractivity contribution >= 4 is 17.3 Å². The quantitative estimate of drug-likeness (QED) is 0.805. The number of methoxy groups -OCH3 is 2. The van der Waals surface area contributed by atoms with Crippen LogP contribution in [0.4, 0.5) is 5.69 Å². The first-order chi connectivity index (χ1) is 12.1. The van der Waals surface area contributed by atoms with Crippen molar-refractivity contribution in [3.63, 3.8) is 0 Å². The Labute approximate surface area is 154 Å². The molecule has 0 atom stereocenters. The van der Waals surface area contributed by atoms with Gasteiger partial charge in [-0.25, -0.2) is 0 Å². The summed E-state index contributed by atoms with van der Waals surface area (Å²) < 4.78 is 10.9. The lowest BCUT2D eigenvalue weighted by atomic mass is 10.1. The van der Waals surface area contributed by atoms with Gasteiger partial charge in [-0.2, -0.15) is 0 Å². The van der Waals surface area contributed by atoms with Gasteiger partial charge >= 0.3 is 0 Å². The maximum Gasteiger partial charge on any atom is 0.165 e. The predicted molar refractivity (Wildman–Crippen MR) is 103 cm³/mol. The zero-order chi connectivity index (χ0) is 17.8. The van der Waals surface area contributed by atoms with Crippen LogP contribution in [-0.4, -0.2) is 45.3 Å². The zero-order valence-corrected chi connectivity index (χ0v) is 15.8. The second-order valence-corrected chi connectivity index (χ2v) is 6.70. The number of aryl methyl sites for hydroxylation is 1. The van der Waals surface area contributed by atoms with E-state index in [1.54, 1.807) is 14.2 Å². The van der Waals surface area contributed by atoms with Crippen LogP contribution in [0.25, 0.3) is 0 Å². The molecule has 5 heteroatoms. The Balaban J connectivity index is 1.66. The molecule has 0 saturated carbocycles. The molecule has 0 spiro atoms. The Bertz CT molecular complexity index is 728. The molecule has 0 unspecified atom stereocenters. The van der Waals surface area contributed by atoms with Crippen LogP contribution in [-0.2, 0) is 6.54 Å². The van der Waals surface area contributed by atoms with E-state index in [1.165, 1.54) is 0 Å². The molecule has 1 aliphatic rings. The molecule has 0 bridgehead atoms. The highest BCUT2D eigenvalue weighted by molar-refractivity contribution is 6.34. The van der Waals surface area contributed by atoms with E-state index in [9.17, 15) is 0 Å². The molecule has 4 nitrogen and oxygen atoms in total. The topological polar surface area (TPSA) is 24.9 Å². The first-order valence-corrected chi connectivity index (χ1v) is 8.94. The second-order valence-electron chi connectivity index (χ2n) is 6.32. The summed E-state index contributed by atoms with van der Waals surface area (Å²) in [5, 5.41) is 0.866. The van der Waals surface area contributed by atoms with E-state index < -0.39 is 0 Å². The second kappa shape index (κ2) is 7.98. The highest BCUT2D eigenvalue weighted by Gasteiger charge is 2.21. The molecule has 2 aromatic rings. The SMILES string of the molecule is COc1cccc(CN2CCN(c3cccc(C)c3Cl)CC2)c1OC. The van der Waals surface area contributed by atoms with E-state index in [2.05, 4.69) is 41.0 Å². The van der Waals surface area contributed by atoms with E-state index in [1.807, 2.05) is 12.1 Å². The number of benzene rings is 2. The molecule has 1 heterocycles. The molecule has 0 radical (unpaired) electrons. The number of para-hydroxylation sites is 1. The summed E-state index contributed by atoms with van der Waals surface area (Å²) in [6.07, 6.45) is 0. The van der Waals surface area contributed by atoms with Crippen LogP contribution in [0.3, 0.4) is 0 Å². The first kappa shape index (κ1) is 17.9. The van der Waals surface area contributed by atoms with Crippen molar-refractivity contribution in [3.8, 4) is 11.5 Å². The zero-order valence-electron chi connectivity index (χ0n) is 15.1. The number of rotatable bonds is 5. The number of ether oxygens (including phenoxy) is 2. The Morgan fingerprint density at radius 2 is 1.68 bits per heavy atom. The van der Waals surface area contributed by atoms with Crippen LogP contribution < -0.4 is 14.4 Å². The third-order valence-electron chi connectivity index (χ3n) is 4.76. The van der Waals surface area contributed by atoms with Crippen molar-refractivity contribution in [1.29, 1.82) is 0 Å². The number of halogens is 1. The van der Waals surface area contributed by atoms with Gasteiger partial charge in [-0.15, -0.1) is 0 Å². The van der Waals surface area contributed by atoms with Crippen LogP contribution in [0.2, 0.25) is 5.02 Å². The molecule has 1 saturated heterocycles. The third kappa shape index (κ3) is 3.86. The summed E-state index contributed by atoms with van der Waals surface area (Å²) in [6, 6.07) is 12.3. The minimum absolute atomic E-state index is 0.783. The lowest BCUT2D eigenvalue weighted by molar-refractivity contribution is 0.244. The summed E-state index contributed by atoms with van der Waals surface area (Å²) in [5.41, 5.74) is 3.42. The Kier molecular flexibility index (Phi) is 5.71. The van der Waals surface area contributed by atoms with E-state index in [4.69, 9.17) is 21.1 Å². The Morgan fingerprint density at radius 1 is 0.960 bits per heavy atom. The van der Waals surface area contributed by atoms with Crippen LogP contribution in [0.1, 0.15) is 11.1 Å². The number of nitrogens with zero attached hydrogens (tertiary/aromatic N) is 2. The summed E-state index contributed by atoms with van der Waals surface area (Å²) >= 11 is 6.48. The molecule has 1 fully saturated rings. The maximum atomic E-state index is 6.48. The fourth-order valence-electron chi connectivity index (χ4n) is 3.34. The van der Waals surface area contributed by atoms with Gasteiger partial charge in [-0.3, -0.25) is 4.90 Å². The molecule has 134 valence electrons. The van der Waals surface area contributed by atoms with Crippen LogP contribution in [0.5, 0.6) is 11.5 Å². The Morgan fingerprint density at radius 3 is 2.36 bits per heavy atom. The lowest BCUT2D eigenvalue weighted by Crippen LogP contribution is -2.46. The first-order valence-electron chi connectivity index (χ1n) is 8.56. The normalized spacial score (nSPS) is 15.3. The summed E-state index contributed by atoms with van der Waals surface area (Å²) in [6.45, 7) is 6.83. The molecule has 0 N–H and O–H groups in total. The van der Waals surface area contributed by atoms with Crippen molar-refractivity contribution < 1.29 is 9.47 Å². The number of piperazine rings is 1. The fraction of sp³-hybridized carbons (Fsp3) is 0.400. The van der Waals surface area contributed by atoms with Crippen molar-refractivity contribution in [1.82, 2.24) is 4.90 Å². The molecule has 25 heavy (non-hydrogen) atoms. The van der Waals surface area contributed by atoms with Gasteiger partial charge in [0.15, 0.2) is 11.5 Å². The van der Waals surface area contributed by atoms with Crippen LogP contribution >= 0.6 is 11.6 Å². The van der Waals surface area contributed by atoms with Crippen molar-refractivity contribution in [2.45, 2.75) is 13.5 Å². The molecule has 0 amide bonds. The maximum absolute atomic E-state index is 6.48. The smallest absolute Gasteiger partial charge is 0.165 e. The van der Waals surface area contributed by atoms with E-state index >= 15 is 0 Å². The van der Waals surface area contributed by atoms with Gasteiger partial charge in [0, 0.05) is 38.3 Å². The van der Waals surface area contributed by atoms with E-state index in [-0.39, 0.29) is 0 Å². The molecule has 1 aliphatic heterocycles. The van der Waals surface area contributed by atoms with Gasteiger partial charge in [0.25, 0.3) is 0 Å². The lowest BCUT2D eigenvalue weighted by Gasteiger charge is -2.36. The molecular formula is C20H25ClN2O2. The number of anilines is 1. The average Bonchev–Trinajstić information content (AvgIpc) is 2.64. The minimum Gasteiger partial charge on any atom is -0.493 e. The summed E-state index contributed by atoms with van der Waals surface area (Å²) in [5.74, 6) is 1.61. The van der Waals surface area contributed by atoms with Crippen LogP contribution in [0.15, 0.2) is 36.4 Å². The Hall–Kier alpha value is -1.91. The average molecular weight is 361 g/mol. The van der Waals surface area contributed by atoms with Crippen LogP contribution in [0, 0.1) is 6.92 Å². The molecular weight excluding hydrogens is 336 g/mol. The molecule has 0 aliphatic carbocycles. The fourth-order valence-corrected chi connectivity index (χ4v) is 3.59. The van der Waals surface area contributed by atoms with Gasteiger partial charge in [0.05, 0.1) is 24.9 Å². The molecule has 3 rings (SSSR count).